The molecular formula is C14H13BrO2S. The van der Waals surface area contributed by atoms with Gasteiger partial charge in [-0.3, -0.25) is 4.79 Å². The highest BCUT2D eigenvalue weighted by Gasteiger charge is 2.32. The van der Waals surface area contributed by atoms with Gasteiger partial charge in [-0.25, -0.2) is 0 Å². The van der Waals surface area contributed by atoms with Crippen LogP contribution in [-0.4, -0.2) is 18.5 Å². The molecule has 0 aliphatic carbocycles. The summed E-state index contributed by atoms with van der Waals surface area (Å²) in [6, 6.07) is 6.00. The average Bonchev–Trinajstić information content (AvgIpc) is 2.95. The molecule has 0 radical (unpaired) electrons. The number of hydrogen-bond donors (Lipinski definition) is 0. The molecular weight excluding hydrogens is 312 g/mol. The maximum Gasteiger partial charge on any atom is 0.170 e. The third-order valence-corrected chi connectivity index (χ3v) is 5.48. The van der Waals surface area contributed by atoms with Crippen LogP contribution in [-0.2, 0) is 4.74 Å². The maximum atomic E-state index is 12.6. The van der Waals surface area contributed by atoms with E-state index in [2.05, 4.69) is 15.9 Å². The summed E-state index contributed by atoms with van der Waals surface area (Å²) in [5, 5.41) is 3.03. The molecule has 0 saturated carbocycles. The Morgan fingerprint density at radius 3 is 3.06 bits per heavy atom. The number of ketones is 1. The van der Waals surface area contributed by atoms with Crippen molar-refractivity contribution in [1.29, 1.82) is 0 Å². The van der Waals surface area contributed by atoms with E-state index in [4.69, 9.17) is 4.74 Å². The number of rotatable bonds is 2. The van der Waals surface area contributed by atoms with Crippen molar-refractivity contribution >= 4 is 43.1 Å². The predicted molar refractivity (Wildman–Crippen MR) is 77.4 cm³/mol. The molecule has 94 valence electrons. The van der Waals surface area contributed by atoms with E-state index in [1.165, 1.54) is 0 Å². The zero-order valence-corrected chi connectivity index (χ0v) is 12.4. The van der Waals surface area contributed by atoms with Gasteiger partial charge in [0, 0.05) is 32.1 Å². The highest BCUT2D eigenvalue weighted by Crippen LogP contribution is 2.35. The molecule has 1 aliphatic rings. The first-order valence-corrected chi connectivity index (χ1v) is 7.67. The highest BCUT2D eigenvalue weighted by molar-refractivity contribution is 9.10. The second-order valence-electron chi connectivity index (χ2n) is 4.60. The zero-order chi connectivity index (χ0) is 12.7. The van der Waals surface area contributed by atoms with Gasteiger partial charge in [-0.2, -0.15) is 0 Å². The fourth-order valence-electron chi connectivity index (χ4n) is 2.49. The van der Waals surface area contributed by atoms with Gasteiger partial charge in [-0.15, -0.1) is 11.3 Å². The van der Waals surface area contributed by atoms with Crippen LogP contribution in [0.3, 0.4) is 0 Å². The minimum absolute atomic E-state index is 0.0155. The second-order valence-corrected chi connectivity index (χ2v) is 6.34. The first kappa shape index (κ1) is 12.3. The van der Waals surface area contributed by atoms with Crippen molar-refractivity contribution < 1.29 is 9.53 Å². The number of Topliss-reactive ketones (excluding diaryl/α,β-unsaturated/α-hetero) is 1. The van der Waals surface area contributed by atoms with Crippen molar-refractivity contribution in [3.05, 3.63) is 33.6 Å². The van der Waals surface area contributed by atoms with Crippen LogP contribution in [0.2, 0.25) is 0 Å². The third kappa shape index (κ3) is 1.92. The minimum Gasteiger partial charge on any atom is -0.378 e. The van der Waals surface area contributed by atoms with E-state index in [1.807, 2.05) is 30.5 Å². The molecule has 1 aliphatic heterocycles. The van der Waals surface area contributed by atoms with Gasteiger partial charge in [0.25, 0.3) is 0 Å². The molecule has 4 heteroatoms. The first-order chi connectivity index (χ1) is 8.68. The van der Waals surface area contributed by atoms with E-state index >= 15 is 0 Å². The number of benzene rings is 1. The standard InChI is InChI=1S/C14H13BrO2S/c1-8-9(5-6-17-8)13(16)11-7-18-14-10(11)3-2-4-12(14)15/h2-4,7-9H,5-6H2,1H3. The Kier molecular flexibility index (Phi) is 3.26. The monoisotopic (exact) mass is 324 g/mol. The van der Waals surface area contributed by atoms with Crippen LogP contribution >= 0.6 is 27.3 Å². The zero-order valence-electron chi connectivity index (χ0n) is 9.98. The van der Waals surface area contributed by atoms with Crippen LogP contribution < -0.4 is 0 Å². The second kappa shape index (κ2) is 4.76. The Morgan fingerprint density at radius 1 is 1.50 bits per heavy atom. The van der Waals surface area contributed by atoms with Crippen LogP contribution in [0.5, 0.6) is 0 Å². The van der Waals surface area contributed by atoms with Crippen molar-refractivity contribution in [3.63, 3.8) is 0 Å². The quantitative estimate of drug-likeness (QED) is 0.771. The lowest BCUT2D eigenvalue weighted by Gasteiger charge is -2.12. The van der Waals surface area contributed by atoms with Gasteiger partial charge in [0.1, 0.15) is 0 Å². The molecule has 0 amide bonds. The lowest BCUT2D eigenvalue weighted by Crippen LogP contribution is -2.21. The van der Waals surface area contributed by atoms with Gasteiger partial charge >= 0.3 is 0 Å². The number of halogens is 1. The number of fused-ring (bicyclic) bond motifs is 1. The molecule has 1 saturated heterocycles. The molecule has 1 fully saturated rings. The van der Waals surface area contributed by atoms with Gasteiger partial charge in [0.2, 0.25) is 0 Å². The van der Waals surface area contributed by atoms with Gasteiger partial charge in [-0.05, 0) is 35.3 Å². The number of thiophene rings is 1. The lowest BCUT2D eigenvalue weighted by molar-refractivity contribution is 0.0766. The van der Waals surface area contributed by atoms with Crippen LogP contribution in [0.25, 0.3) is 10.1 Å². The minimum atomic E-state index is 0.0155. The summed E-state index contributed by atoms with van der Waals surface area (Å²) in [5.74, 6) is 0.242. The topological polar surface area (TPSA) is 26.3 Å². The fraction of sp³-hybridized carbons (Fsp3) is 0.357. The van der Waals surface area contributed by atoms with E-state index < -0.39 is 0 Å². The molecule has 2 nitrogen and oxygen atoms in total. The van der Waals surface area contributed by atoms with E-state index in [0.717, 1.165) is 26.5 Å². The Bertz CT molecular complexity index is 605. The first-order valence-electron chi connectivity index (χ1n) is 6.00. The smallest absolute Gasteiger partial charge is 0.170 e. The van der Waals surface area contributed by atoms with Crippen molar-refractivity contribution in [1.82, 2.24) is 0 Å². The normalized spacial score (nSPS) is 23.7. The molecule has 2 heterocycles. The maximum absolute atomic E-state index is 12.6. The van der Waals surface area contributed by atoms with Crippen LogP contribution in [0, 0.1) is 5.92 Å². The predicted octanol–water partition coefficient (Wildman–Crippen LogP) is 4.27. The van der Waals surface area contributed by atoms with Crippen molar-refractivity contribution in [2.24, 2.45) is 5.92 Å². The van der Waals surface area contributed by atoms with Gasteiger partial charge in [-0.1, -0.05) is 12.1 Å². The summed E-state index contributed by atoms with van der Waals surface area (Å²) in [6.07, 6.45) is 0.880. The van der Waals surface area contributed by atoms with E-state index in [9.17, 15) is 4.79 Å². The van der Waals surface area contributed by atoms with Crippen LogP contribution in [0.1, 0.15) is 23.7 Å². The van der Waals surface area contributed by atoms with Crippen molar-refractivity contribution in [2.75, 3.05) is 6.61 Å². The summed E-state index contributed by atoms with van der Waals surface area (Å²) in [5.41, 5.74) is 0.846. The summed E-state index contributed by atoms with van der Waals surface area (Å²) in [4.78, 5) is 12.6. The van der Waals surface area contributed by atoms with Crippen molar-refractivity contribution in [2.45, 2.75) is 19.4 Å². The third-order valence-electron chi connectivity index (χ3n) is 3.53. The summed E-state index contributed by atoms with van der Waals surface area (Å²) >= 11 is 5.15. The van der Waals surface area contributed by atoms with Gasteiger partial charge < -0.3 is 4.74 Å². The number of hydrogen-bond acceptors (Lipinski definition) is 3. The van der Waals surface area contributed by atoms with Crippen molar-refractivity contribution in [3.8, 4) is 0 Å². The highest BCUT2D eigenvalue weighted by atomic mass is 79.9. The Hall–Kier alpha value is -0.710. The molecule has 2 atom stereocenters. The van der Waals surface area contributed by atoms with E-state index in [0.29, 0.717) is 6.61 Å². The van der Waals surface area contributed by atoms with E-state index in [1.54, 1.807) is 11.3 Å². The van der Waals surface area contributed by atoms with Gasteiger partial charge in [0.15, 0.2) is 5.78 Å². The average molecular weight is 325 g/mol. The molecule has 2 aromatic rings. The Morgan fingerprint density at radius 2 is 2.33 bits per heavy atom. The Balaban J connectivity index is 2.04. The van der Waals surface area contributed by atoms with Gasteiger partial charge in [0.05, 0.1) is 12.0 Å². The fourth-order valence-corrected chi connectivity index (χ4v) is 4.10. The van der Waals surface area contributed by atoms with Crippen LogP contribution in [0.4, 0.5) is 0 Å². The molecule has 1 aromatic carbocycles. The molecule has 0 N–H and O–H groups in total. The molecule has 0 spiro atoms. The SMILES string of the molecule is CC1OCCC1C(=O)c1csc2c(Br)cccc12. The summed E-state index contributed by atoms with van der Waals surface area (Å²) in [6.45, 7) is 2.68. The number of carbonyl (C=O) groups is 1. The van der Waals surface area contributed by atoms with Crippen LogP contribution in [0.15, 0.2) is 28.1 Å². The number of ether oxygens (including phenoxy) is 1. The Labute approximate surface area is 118 Å². The molecule has 0 bridgehead atoms. The largest absolute Gasteiger partial charge is 0.378 e. The molecule has 2 unspecified atom stereocenters. The molecule has 3 rings (SSSR count). The molecule has 18 heavy (non-hydrogen) atoms. The lowest BCUT2D eigenvalue weighted by atomic mass is 9.92. The van der Waals surface area contributed by atoms with E-state index in [-0.39, 0.29) is 17.8 Å². The summed E-state index contributed by atoms with van der Waals surface area (Å²) < 4.78 is 7.69. The summed E-state index contributed by atoms with van der Waals surface area (Å²) in [7, 11) is 0. The number of carbonyl (C=O) groups excluding carboxylic acids is 1. The molecule has 1 aromatic heterocycles.